The molecule has 98 valence electrons. The Morgan fingerprint density at radius 1 is 1.44 bits per heavy atom. The van der Waals surface area contributed by atoms with E-state index in [4.69, 9.17) is 5.11 Å². The summed E-state index contributed by atoms with van der Waals surface area (Å²) in [4.78, 5) is 13.2. The molecular weight excluding hydrogens is 226 g/mol. The van der Waals surface area contributed by atoms with Crippen LogP contribution < -0.4 is 0 Å². The topological polar surface area (TPSA) is 40.5 Å². The molecule has 0 bridgehead atoms. The molecular formula is C15H21NO2. The molecule has 1 aromatic carbocycles. The van der Waals surface area contributed by atoms with Crippen molar-refractivity contribution in [2.75, 3.05) is 19.6 Å². The van der Waals surface area contributed by atoms with Crippen LogP contribution in [-0.4, -0.2) is 35.6 Å². The summed E-state index contributed by atoms with van der Waals surface area (Å²) in [6.45, 7) is 4.88. The Morgan fingerprint density at radius 3 is 2.78 bits per heavy atom. The number of hydrogen-bond donors (Lipinski definition) is 1. The van der Waals surface area contributed by atoms with Crippen LogP contribution in [0.2, 0.25) is 0 Å². The number of carboxylic acids is 1. The fourth-order valence-corrected chi connectivity index (χ4v) is 2.56. The van der Waals surface area contributed by atoms with E-state index in [1.165, 1.54) is 5.56 Å². The smallest absolute Gasteiger partial charge is 0.307 e. The van der Waals surface area contributed by atoms with Crippen LogP contribution in [0.5, 0.6) is 0 Å². The molecule has 0 aromatic heterocycles. The van der Waals surface area contributed by atoms with Gasteiger partial charge in [0.2, 0.25) is 0 Å². The summed E-state index contributed by atoms with van der Waals surface area (Å²) < 4.78 is 0. The van der Waals surface area contributed by atoms with Crippen LogP contribution >= 0.6 is 0 Å². The number of benzene rings is 1. The van der Waals surface area contributed by atoms with Crippen LogP contribution in [0.1, 0.15) is 31.2 Å². The molecule has 2 unspecified atom stereocenters. The maximum Gasteiger partial charge on any atom is 0.307 e. The maximum atomic E-state index is 10.9. The van der Waals surface area contributed by atoms with Gasteiger partial charge >= 0.3 is 5.97 Å². The largest absolute Gasteiger partial charge is 0.481 e. The van der Waals surface area contributed by atoms with Gasteiger partial charge in [0, 0.05) is 6.54 Å². The third-order valence-corrected chi connectivity index (χ3v) is 3.87. The van der Waals surface area contributed by atoms with Crippen molar-refractivity contribution in [3.8, 4) is 0 Å². The molecule has 3 nitrogen and oxygen atoms in total. The highest BCUT2D eigenvalue weighted by atomic mass is 16.4. The van der Waals surface area contributed by atoms with Crippen LogP contribution in [0, 0.1) is 5.92 Å². The molecule has 1 fully saturated rings. The number of hydrogen-bond acceptors (Lipinski definition) is 2. The Bertz CT molecular complexity index is 391. The first kappa shape index (κ1) is 13.1. The SMILES string of the molecule is CC(CCN1CCC(C(=O)O)C1)c1ccccc1. The number of nitrogens with zero attached hydrogens (tertiary/aromatic N) is 1. The molecule has 3 heteroatoms. The Balaban J connectivity index is 1.77. The van der Waals surface area contributed by atoms with Gasteiger partial charge in [-0.15, -0.1) is 0 Å². The summed E-state index contributed by atoms with van der Waals surface area (Å²) in [6.07, 6.45) is 1.89. The quantitative estimate of drug-likeness (QED) is 0.869. The Kier molecular flexibility index (Phi) is 4.37. The van der Waals surface area contributed by atoms with Crippen molar-refractivity contribution < 1.29 is 9.90 Å². The molecule has 1 saturated heterocycles. The molecule has 1 aliphatic heterocycles. The fraction of sp³-hybridized carbons (Fsp3) is 0.533. The highest BCUT2D eigenvalue weighted by Crippen LogP contribution is 2.22. The standard InChI is InChI=1S/C15H21NO2/c1-12(13-5-3-2-4-6-13)7-9-16-10-8-14(11-16)15(17)18/h2-6,12,14H,7-11H2,1H3,(H,17,18). The second-order valence-corrected chi connectivity index (χ2v) is 5.22. The zero-order chi connectivity index (χ0) is 13.0. The van der Waals surface area contributed by atoms with E-state index in [0.717, 1.165) is 32.5 Å². The molecule has 2 rings (SSSR count). The van der Waals surface area contributed by atoms with Gasteiger partial charge in [0.25, 0.3) is 0 Å². The average Bonchev–Trinajstić information content (AvgIpc) is 2.86. The van der Waals surface area contributed by atoms with Gasteiger partial charge in [-0.2, -0.15) is 0 Å². The molecule has 0 amide bonds. The highest BCUT2D eigenvalue weighted by Gasteiger charge is 2.27. The highest BCUT2D eigenvalue weighted by molar-refractivity contribution is 5.70. The zero-order valence-electron chi connectivity index (χ0n) is 10.9. The average molecular weight is 247 g/mol. The summed E-state index contributed by atoms with van der Waals surface area (Å²) in [6, 6.07) is 10.5. The van der Waals surface area contributed by atoms with Crippen molar-refractivity contribution in [3.63, 3.8) is 0 Å². The lowest BCUT2D eigenvalue weighted by Gasteiger charge is -2.18. The fourth-order valence-electron chi connectivity index (χ4n) is 2.56. The second-order valence-electron chi connectivity index (χ2n) is 5.22. The number of likely N-dealkylation sites (tertiary alicyclic amines) is 1. The zero-order valence-corrected chi connectivity index (χ0v) is 10.9. The van der Waals surface area contributed by atoms with Gasteiger partial charge in [0.15, 0.2) is 0 Å². The van der Waals surface area contributed by atoms with E-state index in [0.29, 0.717) is 5.92 Å². The van der Waals surface area contributed by atoms with Gasteiger partial charge < -0.3 is 10.0 Å². The molecule has 0 aliphatic carbocycles. The normalized spacial score (nSPS) is 21.9. The lowest BCUT2D eigenvalue weighted by atomic mass is 9.98. The van der Waals surface area contributed by atoms with Crippen LogP contribution in [0.15, 0.2) is 30.3 Å². The van der Waals surface area contributed by atoms with E-state index in [2.05, 4.69) is 36.1 Å². The van der Waals surface area contributed by atoms with Crippen LogP contribution in [-0.2, 0) is 4.79 Å². The predicted molar refractivity (Wildman–Crippen MR) is 71.7 cm³/mol. The van der Waals surface area contributed by atoms with Gasteiger partial charge in [0.05, 0.1) is 5.92 Å². The van der Waals surface area contributed by atoms with Crippen molar-refractivity contribution in [1.29, 1.82) is 0 Å². The van der Waals surface area contributed by atoms with Crippen molar-refractivity contribution in [2.24, 2.45) is 5.92 Å². The van der Waals surface area contributed by atoms with E-state index in [1.807, 2.05) is 6.07 Å². The molecule has 0 saturated carbocycles. The number of carboxylic acid groups (broad SMARTS) is 1. The van der Waals surface area contributed by atoms with E-state index in [-0.39, 0.29) is 5.92 Å². The molecule has 0 spiro atoms. The van der Waals surface area contributed by atoms with Gasteiger partial charge in [-0.1, -0.05) is 37.3 Å². The lowest BCUT2D eigenvalue weighted by molar-refractivity contribution is -0.141. The first-order valence-corrected chi connectivity index (χ1v) is 6.67. The Hall–Kier alpha value is -1.35. The summed E-state index contributed by atoms with van der Waals surface area (Å²) >= 11 is 0. The number of rotatable bonds is 5. The number of aliphatic carboxylic acids is 1. The third-order valence-electron chi connectivity index (χ3n) is 3.87. The maximum absolute atomic E-state index is 10.9. The number of carbonyl (C=O) groups is 1. The van der Waals surface area contributed by atoms with Crippen molar-refractivity contribution >= 4 is 5.97 Å². The van der Waals surface area contributed by atoms with Crippen LogP contribution in [0.3, 0.4) is 0 Å². The third kappa shape index (κ3) is 3.33. The monoisotopic (exact) mass is 247 g/mol. The summed E-state index contributed by atoms with van der Waals surface area (Å²) in [7, 11) is 0. The van der Waals surface area contributed by atoms with Gasteiger partial charge in [0.1, 0.15) is 0 Å². The Morgan fingerprint density at radius 2 is 2.17 bits per heavy atom. The van der Waals surface area contributed by atoms with Crippen LogP contribution in [0.25, 0.3) is 0 Å². The molecule has 1 heterocycles. The Labute approximate surface area is 108 Å². The van der Waals surface area contributed by atoms with Gasteiger partial charge in [-0.25, -0.2) is 0 Å². The predicted octanol–water partition coefficient (Wildman–Crippen LogP) is 2.59. The van der Waals surface area contributed by atoms with Gasteiger partial charge in [-0.3, -0.25) is 4.79 Å². The van der Waals surface area contributed by atoms with Crippen molar-refractivity contribution in [2.45, 2.75) is 25.7 Å². The summed E-state index contributed by atoms with van der Waals surface area (Å²) in [5.74, 6) is -0.263. The molecule has 1 aromatic rings. The van der Waals surface area contributed by atoms with Crippen molar-refractivity contribution in [1.82, 2.24) is 4.90 Å². The summed E-state index contributed by atoms with van der Waals surface area (Å²) in [5, 5.41) is 8.96. The minimum absolute atomic E-state index is 0.156. The first-order chi connectivity index (χ1) is 8.66. The van der Waals surface area contributed by atoms with E-state index in [9.17, 15) is 4.79 Å². The van der Waals surface area contributed by atoms with E-state index in [1.54, 1.807) is 0 Å². The minimum atomic E-state index is -0.645. The van der Waals surface area contributed by atoms with Crippen molar-refractivity contribution in [3.05, 3.63) is 35.9 Å². The van der Waals surface area contributed by atoms with E-state index < -0.39 is 5.97 Å². The second kappa shape index (κ2) is 6.01. The van der Waals surface area contributed by atoms with Crippen LogP contribution in [0.4, 0.5) is 0 Å². The molecule has 2 atom stereocenters. The van der Waals surface area contributed by atoms with Gasteiger partial charge in [-0.05, 0) is 37.4 Å². The lowest BCUT2D eigenvalue weighted by Crippen LogP contribution is -2.25. The molecule has 1 aliphatic rings. The van der Waals surface area contributed by atoms with E-state index >= 15 is 0 Å². The molecule has 18 heavy (non-hydrogen) atoms. The molecule has 0 radical (unpaired) electrons. The first-order valence-electron chi connectivity index (χ1n) is 6.67. The summed E-state index contributed by atoms with van der Waals surface area (Å²) in [5.41, 5.74) is 1.37. The minimum Gasteiger partial charge on any atom is -0.481 e. The molecule has 1 N–H and O–H groups in total.